The number of urea groups is 1. The number of aromatic nitrogens is 3. The second-order valence-electron chi connectivity index (χ2n) is 8.16. The highest BCUT2D eigenvalue weighted by molar-refractivity contribution is 5.75. The second kappa shape index (κ2) is 8.02. The van der Waals surface area contributed by atoms with Gasteiger partial charge in [0, 0.05) is 46.2 Å². The Balaban J connectivity index is 1.56. The van der Waals surface area contributed by atoms with Crippen LogP contribution in [-0.2, 0) is 13.1 Å². The van der Waals surface area contributed by atoms with E-state index < -0.39 is 0 Å². The quantitative estimate of drug-likeness (QED) is 0.772. The van der Waals surface area contributed by atoms with Crippen LogP contribution in [0, 0.1) is 11.8 Å². The highest BCUT2D eigenvalue weighted by atomic mass is 16.5. The lowest BCUT2D eigenvalue weighted by Gasteiger charge is -2.32. The van der Waals surface area contributed by atoms with Crippen molar-refractivity contribution in [2.75, 3.05) is 40.8 Å². The standard InChI is InChI=1S/C21H30N6O2/c1-5-27-19(22-14-23-27)13-25-10-16-11-26(21(28)24(2)3)20(18(16)12-25)15-6-8-17(29-4)9-7-15/h6-9,14,16,18,20H,5,10-13H2,1-4H3/t16-,18-,20+/m1/s1. The van der Waals surface area contributed by atoms with Gasteiger partial charge in [-0.15, -0.1) is 0 Å². The summed E-state index contributed by atoms with van der Waals surface area (Å²) >= 11 is 0. The van der Waals surface area contributed by atoms with Gasteiger partial charge in [0.25, 0.3) is 0 Å². The van der Waals surface area contributed by atoms with Crippen molar-refractivity contribution >= 4 is 6.03 Å². The summed E-state index contributed by atoms with van der Waals surface area (Å²) < 4.78 is 7.27. The fourth-order valence-corrected chi connectivity index (χ4v) is 4.82. The normalized spacial score (nSPS) is 24.0. The molecule has 0 spiro atoms. The smallest absolute Gasteiger partial charge is 0.320 e. The predicted octanol–water partition coefficient (Wildman–Crippen LogP) is 2.09. The molecule has 2 aliphatic rings. The van der Waals surface area contributed by atoms with Gasteiger partial charge in [0.1, 0.15) is 17.9 Å². The lowest BCUT2D eigenvalue weighted by molar-refractivity contribution is 0.151. The summed E-state index contributed by atoms with van der Waals surface area (Å²) in [5, 5.41) is 4.29. The minimum absolute atomic E-state index is 0.0786. The number of amides is 2. The predicted molar refractivity (Wildman–Crippen MR) is 109 cm³/mol. The van der Waals surface area contributed by atoms with E-state index in [0.717, 1.165) is 44.3 Å². The minimum atomic E-state index is 0.0786. The second-order valence-corrected chi connectivity index (χ2v) is 8.16. The van der Waals surface area contributed by atoms with E-state index >= 15 is 0 Å². The van der Waals surface area contributed by atoms with Crippen LogP contribution < -0.4 is 4.74 Å². The Morgan fingerprint density at radius 2 is 1.97 bits per heavy atom. The molecule has 2 aromatic rings. The fourth-order valence-electron chi connectivity index (χ4n) is 4.82. The lowest BCUT2D eigenvalue weighted by Crippen LogP contribution is -2.41. The average molecular weight is 399 g/mol. The largest absolute Gasteiger partial charge is 0.497 e. The first kappa shape index (κ1) is 19.7. The minimum Gasteiger partial charge on any atom is -0.497 e. The van der Waals surface area contributed by atoms with E-state index in [1.165, 1.54) is 5.56 Å². The summed E-state index contributed by atoms with van der Waals surface area (Å²) in [6, 6.07) is 8.32. The van der Waals surface area contributed by atoms with Crippen LogP contribution in [0.15, 0.2) is 30.6 Å². The highest BCUT2D eigenvalue weighted by Gasteiger charge is 2.49. The Morgan fingerprint density at radius 3 is 2.62 bits per heavy atom. The van der Waals surface area contributed by atoms with Crippen LogP contribution in [0.2, 0.25) is 0 Å². The molecule has 8 heteroatoms. The average Bonchev–Trinajstić information content (AvgIpc) is 3.41. The first-order valence-corrected chi connectivity index (χ1v) is 10.2. The number of aryl methyl sites for hydroxylation is 1. The van der Waals surface area contributed by atoms with Crippen molar-refractivity contribution in [1.82, 2.24) is 29.5 Å². The van der Waals surface area contributed by atoms with Crippen molar-refractivity contribution in [3.05, 3.63) is 42.0 Å². The molecule has 1 aromatic carbocycles. The van der Waals surface area contributed by atoms with Crippen LogP contribution in [-0.4, -0.2) is 76.3 Å². The van der Waals surface area contributed by atoms with Crippen LogP contribution >= 0.6 is 0 Å². The van der Waals surface area contributed by atoms with Gasteiger partial charge in [0.2, 0.25) is 0 Å². The van der Waals surface area contributed by atoms with Gasteiger partial charge in [-0.25, -0.2) is 14.5 Å². The van der Waals surface area contributed by atoms with Gasteiger partial charge in [0.15, 0.2) is 0 Å². The maximum atomic E-state index is 12.9. The van der Waals surface area contributed by atoms with E-state index in [9.17, 15) is 4.79 Å². The van der Waals surface area contributed by atoms with Gasteiger partial charge in [-0.05, 0) is 30.5 Å². The zero-order valence-corrected chi connectivity index (χ0v) is 17.7. The zero-order chi connectivity index (χ0) is 20.5. The molecule has 0 N–H and O–H groups in total. The molecule has 0 aliphatic carbocycles. The molecular weight excluding hydrogens is 368 g/mol. The number of ether oxygens (including phenoxy) is 1. The molecular formula is C21H30N6O2. The third kappa shape index (κ3) is 3.69. The molecule has 0 saturated carbocycles. The molecule has 3 heterocycles. The third-order valence-electron chi connectivity index (χ3n) is 6.19. The summed E-state index contributed by atoms with van der Waals surface area (Å²) in [6.45, 7) is 6.43. The number of fused-ring (bicyclic) bond motifs is 1. The monoisotopic (exact) mass is 398 g/mol. The molecule has 2 aliphatic heterocycles. The Kier molecular flexibility index (Phi) is 5.45. The number of rotatable bonds is 5. The molecule has 2 fully saturated rings. The number of likely N-dealkylation sites (tertiary alicyclic amines) is 2. The summed E-state index contributed by atoms with van der Waals surface area (Å²) in [7, 11) is 5.32. The fraction of sp³-hybridized carbons (Fsp3) is 0.571. The Hall–Kier alpha value is -2.61. The summed E-state index contributed by atoms with van der Waals surface area (Å²) in [4.78, 5) is 23.5. The SMILES string of the molecule is CCn1ncnc1CN1C[C@@H]2CN(C(=O)N(C)C)[C@@H](c3ccc(OC)cc3)[C@@H]2C1. The molecule has 0 bridgehead atoms. The maximum Gasteiger partial charge on any atom is 0.320 e. The van der Waals surface area contributed by atoms with Crippen LogP contribution in [0.1, 0.15) is 24.4 Å². The number of hydrogen-bond donors (Lipinski definition) is 0. The van der Waals surface area contributed by atoms with E-state index in [4.69, 9.17) is 4.74 Å². The van der Waals surface area contributed by atoms with Crippen LogP contribution in [0.3, 0.4) is 0 Å². The number of nitrogens with zero attached hydrogens (tertiary/aromatic N) is 6. The van der Waals surface area contributed by atoms with Crippen molar-refractivity contribution in [2.24, 2.45) is 11.8 Å². The molecule has 156 valence electrons. The van der Waals surface area contributed by atoms with Gasteiger partial charge in [0.05, 0.1) is 19.7 Å². The van der Waals surface area contributed by atoms with Crippen LogP contribution in [0.5, 0.6) is 5.75 Å². The van der Waals surface area contributed by atoms with Gasteiger partial charge >= 0.3 is 6.03 Å². The van der Waals surface area contributed by atoms with Crippen molar-refractivity contribution in [3.63, 3.8) is 0 Å². The molecule has 1 aromatic heterocycles. The van der Waals surface area contributed by atoms with Crippen molar-refractivity contribution in [3.8, 4) is 5.75 Å². The molecule has 3 atom stereocenters. The molecule has 2 saturated heterocycles. The van der Waals surface area contributed by atoms with Crippen LogP contribution in [0.4, 0.5) is 4.79 Å². The Labute approximate surface area is 172 Å². The molecule has 2 amide bonds. The number of carbonyl (C=O) groups excluding carboxylic acids is 1. The number of methoxy groups -OCH3 is 1. The van der Waals surface area contributed by atoms with Crippen molar-refractivity contribution in [2.45, 2.75) is 26.1 Å². The summed E-state index contributed by atoms with van der Waals surface area (Å²) in [5.74, 6) is 2.71. The van der Waals surface area contributed by atoms with Crippen LogP contribution in [0.25, 0.3) is 0 Å². The number of benzene rings is 1. The molecule has 8 nitrogen and oxygen atoms in total. The Morgan fingerprint density at radius 1 is 1.21 bits per heavy atom. The van der Waals surface area contributed by atoms with E-state index in [2.05, 4.69) is 34.0 Å². The van der Waals surface area contributed by atoms with Crippen molar-refractivity contribution in [1.29, 1.82) is 0 Å². The van der Waals surface area contributed by atoms with Gasteiger partial charge in [-0.2, -0.15) is 5.10 Å². The third-order valence-corrected chi connectivity index (χ3v) is 6.19. The van der Waals surface area contributed by atoms with E-state index in [0.29, 0.717) is 11.8 Å². The molecule has 0 radical (unpaired) electrons. The number of hydrogen-bond acceptors (Lipinski definition) is 5. The van der Waals surface area contributed by atoms with E-state index in [-0.39, 0.29) is 12.1 Å². The lowest BCUT2D eigenvalue weighted by atomic mass is 9.89. The van der Waals surface area contributed by atoms with E-state index in [1.54, 1.807) is 18.3 Å². The van der Waals surface area contributed by atoms with Gasteiger partial charge in [-0.3, -0.25) is 4.90 Å². The molecule has 0 unspecified atom stereocenters. The first-order valence-electron chi connectivity index (χ1n) is 10.2. The highest BCUT2D eigenvalue weighted by Crippen LogP contribution is 2.45. The van der Waals surface area contributed by atoms with E-state index in [1.807, 2.05) is 35.8 Å². The summed E-state index contributed by atoms with van der Waals surface area (Å²) in [5.41, 5.74) is 1.17. The van der Waals surface area contributed by atoms with Crippen molar-refractivity contribution < 1.29 is 9.53 Å². The molecule has 4 rings (SSSR count). The molecule has 29 heavy (non-hydrogen) atoms. The first-order chi connectivity index (χ1) is 14.0. The number of carbonyl (C=O) groups is 1. The van der Waals surface area contributed by atoms with Gasteiger partial charge in [-0.1, -0.05) is 12.1 Å². The van der Waals surface area contributed by atoms with Gasteiger partial charge < -0.3 is 14.5 Å². The Bertz CT molecular complexity index is 849. The topological polar surface area (TPSA) is 66.7 Å². The summed E-state index contributed by atoms with van der Waals surface area (Å²) in [6.07, 6.45) is 1.63. The zero-order valence-electron chi connectivity index (χ0n) is 17.7. The maximum absolute atomic E-state index is 12.9.